The molecular weight excluding hydrogens is 296 g/mol. The molecule has 1 aromatic rings. The topological polar surface area (TPSA) is 95.7 Å². The number of esters is 1. The van der Waals surface area contributed by atoms with Crippen LogP contribution in [0.3, 0.4) is 0 Å². The van der Waals surface area contributed by atoms with Crippen LogP contribution in [0.5, 0.6) is 0 Å². The molecule has 9 heteroatoms. The third kappa shape index (κ3) is 3.11. The lowest BCUT2D eigenvalue weighted by Crippen LogP contribution is -2.21. The van der Waals surface area contributed by atoms with Crippen molar-refractivity contribution >= 4 is 16.0 Å². The lowest BCUT2D eigenvalue weighted by molar-refractivity contribution is 0.0265. The molecule has 2 N–H and O–H groups in total. The van der Waals surface area contributed by atoms with Crippen molar-refractivity contribution in [2.75, 3.05) is 13.2 Å². The fourth-order valence-electron chi connectivity index (χ4n) is 1.72. The highest BCUT2D eigenvalue weighted by molar-refractivity contribution is 7.89. The van der Waals surface area contributed by atoms with Crippen molar-refractivity contribution in [2.24, 2.45) is 5.14 Å². The predicted octanol–water partition coefficient (Wildman–Crippen LogP) is 0.558. The molecule has 1 saturated heterocycles. The molecule has 6 nitrogen and oxygen atoms in total. The fraction of sp³-hybridized carbons (Fsp3) is 0.364. The zero-order valence-electron chi connectivity index (χ0n) is 10.1. The van der Waals surface area contributed by atoms with Crippen LogP contribution in [0.15, 0.2) is 17.0 Å². The number of halogens is 2. The first-order valence-corrected chi connectivity index (χ1v) is 7.14. The van der Waals surface area contributed by atoms with Crippen LogP contribution >= 0.6 is 0 Å². The van der Waals surface area contributed by atoms with Crippen molar-refractivity contribution in [3.63, 3.8) is 0 Å². The van der Waals surface area contributed by atoms with Crippen LogP contribution in [0.2, 0.25) is 0 Å². The molecule has 0 aromatic heterocycles. The number of hydrogen-bond donors (Lipinski definition) is 1. The average Bonchev–Trinajstić information content (AvgIpc) is 2.79. The van der Waals surface area contributed by atoms with E-state index in [1.54, 1.807) is 0 Å². The molecule has 0 saturated carbocycles. The van der Waals surface area contributed by atoms with Crippen molar-refractivity contribution in [1.29, 1.82) is 0 Å². The summed E-state index contributed by atoms with van der Waals surface area (Å²) in [4.78, 5) is 10.8. The first-order valence-electron chi connectivity index (χ1n) is 5.59. The summed E-state index contributed by atoms with van der Waals surface area (Å²) in [5, 5.41) is 4.78. The number of hydrogen-bond acceptors (Lipinski definition) is 5. The van der Waals surface area contributed by atoms with E-state index in [2.05, 4.69) is 0 Å². The van der Waals surface area contributed by atoms with Crippen LogP contribution in [-0.2, 0) is 19.5 Å². The van der Waals surface area contributed by atoms with E-state index in [1.165, 1.54) is 0 Å². The number of sulfonamides is 1. The molecule has 0 aliphatic carbocycles. The summed E-state index contributed by atoms with van der Waals surface area (Å²) < 4.78 is 59.0. The van der Waals surface area contributed by atoms with Crippen LogP contribution in [0.1, 0.15) is 16.8 Å². The van der Waals surface area contributed by atoms with Crippen molar-refractivity contribution in [3.8, 4) is 0 Å². The minimum Gasteiger partial charge on any atom is -0.456 e. The smallest absolute Gasteiger partial charge is 0.341 e. The predicted molar refractivity (Wildman–Crippen MR) is 62.4 cm³/mol. The summed E-state index contributed by atoms with van der Waals surface area (Å²) in [7, 11) is -4.41. The molecule has 0 bridgehead atoms. The Balaban J connectivity index is 2.33. The van der Waals surface area contributed by atoms with E-state index in [4.69, 9.17) is 14.6 Å². The summed E-state index contributed by atoms with van der Waals surface area (Å²) in [6.45, 7) is 0.586. The van der Waals surface area contributed by atoms with E-state index >= 15 is 0 Å². The fourth-order valence-corrected chi connectivity index (χ4v) is 2.34. The molecule has 0 amide bonds. The number of primary sulfonamides is 1. The Morgan fingerprint density at radius 3 is 2.60 bits per heavy atom. The summed E-state index contributed by atoms with van der Waals surface area (Å²) in [6.07, 6.45) is -0.0822. The molecule has 20 heavy (non-hydrogen) atoms. The number of rotatable bonds is 3. The molecule has 0 spiro atoms. The number of carbonyl (C=O) groups excluding carboxylic acids is 1. The van der Waals surface area contributed by atoms with Crippen LogP contribution in [-0.4, -0.2) is 33.7 Å². The molecular formula is C11H11F2NO5S. The van der Waals surface area contributed by atoms with Gasteiger partial charge in [0.25, 0.3) is 0 Å². The molecule has 110 valence electrons. The van der Waals surface area contributed by atoms with E-state index in [0.29, 0.717) is 19.1 Å². The van der Waals surface area contributed by atoms with Gasteiger partial charge in [-0.1, -0.05) is 0 Å². The Hall–Kier alpha value is -1.58. The van der Waals surface area contributed by atoms with Crippen molar-refractivity contribution in [3.05, 3.63) is 29.3 Å². The van der Waals surface area contributed by atoms with Crippen LogP contribution in [0, 0.1) is 11.6 Å². The zero-order valence-corrected chi connectivity index (χ0v) is 11.0. The van der Waals surface area contributed by atoms with Gasteiger partial charge < -0.3 is 9.47 Å². The largest absolute Gasteiger partial charge is 0.456 e. The van der Waals surface area contributed by atoms with Gasteiger partial charge >= 0.3 is 5.97 Å². The highest BCUT2D eigenvalue weighted by atomic mass is 32.2. The van der Waals surface area contributed by atoms with E-state index in [0.717, 1.165) is 0 Å². The molecule has 1 aliphatic rings. The molecule has 1 aromatic carbocycles. The van der Waals surface area contributed by atoms with E-state index in [9.17, 15) is 22.0 Å². The lowest BCUT2D eigenvalue weighted by atomic mass is 10.2. The maximum atomic E-state index is 13.5. The van der Waals surface area contributed by atoms with Crippen LogP contribution in [0.25, 0.3) is 0 Å². The van der Waals surface area contributed by atoms with Gasteiger partial charge in [0.15, 0.2) is 0 Å². The third-order valence-electron chi connectivity index (χ3n) is 2.71. The lowest BCUT2D eigenvalue weighted by Gasteiger charge is -2.11. The molecule has 0 radical (unpaired) electrons. The minimum atomic E-state index is -4.41. The maximum absolute atomic E-state index is 13.5. The van der Waals surface area contributed by atoms with Gasteiger partial charge in [0.2, 0.25) is 10.0 Å². The van der Waals surface area contributed by atoms with Gasteiger partial charge in [0.1, 0.15) is 22.6 Å². The van der Waals surface area contributed by atoms with Gasteiger partial charge in [-0.2, -0.15) is 0 Å². The average molecular weight is 307 g/mol. The molecule has 1 fully saturated rings. The van der Waals surface area contributed by atoms with E-state index < -0.39 is 44.2 Å². The normalized spacial score (nSPS) is 19.1. The molecule has 1 unspecified atom stereocenters. The van der Waals surface area contributed by atoms with E-state index in [1.807, 2.05) is 0 Å². The zero-order chi connectivity index (χ0) is 14.9. The van der Waals surface area contributed by atoms with Gasteiger partial charge in [-0.05, 0) is 6.07 Å². The SMILES string of the molecule is NS(=O)(=O)c1cc(C(=O)OC2CCOC2)c(F)cc1F. The quantitative estimate of drug-likeness (QED) is 0.823. The number of nitrogens with two attached hydrogens (primary N) is 1. The standard InChI is InChI=1S/C11H11F2NO5S/c12-8-4-9(13)10(20(14,16)17)3-7(8)11(15)19-6-1-2-18-5-6/h3-4,6H,1-2,5H2,(H2,14,16,17). The van der Waals surface area contributed by atoms with Crippen LogP contribution in [0.4, 0.5) is 8.78 Å². The summed E-state index contributed by atoms with van der Waals surface area (Å²) in [6, 6.07) is 0.805. The Labute approximate surface area is 113 Å². The Morgan fingerprint density at radius 1 is 1.35 bits per heavy atom. The van der Waals surface area contributed by atoms with Gasteiger partial charge in [-0.3, -0.25) is 0 Å². The summed E-state index contributed by atoms with van der Waals surface area (Å²) >= 11 is 0. The molecule has 2 rings (SSSR count). The minimum absolute atomic E-state index is 0.177. The van der Waals surface area contributed by atoms with Gasteiger partial charge in [-0.15, -0.1) is 0 Å². The van der Waals surface area contributed by atoms with Gasteiger partial charge in [-0.25, -0.2) is 27.1 Å². The molecule has 1 aliphatic heterocycles. The van der Waals surface area contributed by atoms with Crippen molar-refractivity contribution < 1.29 is 31.5 Å². The Morgan fingerprint density at radius 2 is 2.05 bits per heavy atom. The summed E-state index contributed by atoms with van der Waals surface area (Å²) in [5.41, 5.74) is -0.692. The maximum Gasteiger partial charge on any atom is 0.341 e. The first kappa shape index (κ1) is 14.8. The van der Waals surface area contributed by atoms with Crippen molar-refractivity contribution in [2.45, 2.75) is 17.4 Å². The first-order chi connectivity index (χ1) is 9.29. The number of benzene rings is 1. The van der Waals surface area contributed by atoms with Crippen LogP contribution < -0.4 is 5.14 Å². The Bertz CT molecular complexity index is 640. The number of ether oxygens (including phenoxy) is 2. The van der Waals surface area contributed by atoms with Gasteiger partial charge in [0, 0.05) is 12.5 Å². The van der Waals surface area contributed by atoms with Gasteiger partial charge in [0.05, 0.1) is 18.8 Å². The van der Waals surface area contributed by atoms with E-state index in [-0.39, 0.29) is 12.7 Å². The monoisotopic (exact) mass is 307 g/mol. The highest BCUT2D eigenvalue weighted by Crippen LogP contribution is 2.20. The van der Waals surface area contributed by atoms with Crippen molar-refractivity contribution in [1.82, 2.24) is 0 Å². The Kier molecular flexibility index (Phi) is 4.02. The second kappa shape index (κ2) is 5.43. The second-order valence-electron chi connectivity index (χ2n) is 4.20. The molecule has 1 atom stereocenters. The summed E-state index contributed by atoms with van der Waals surface area (Å²) in [5.74, 6) is -3.69. The second-order valence-corrected chi connectivity index (χ2v) is 5.73. The number of carbonyl (C=O) groups is 1. The molecule has 1 heterocycles. The highest BCUT2D eigenvalue weighted by Gasteiger charge is 2.26. The third-order valence-corrected chi connectivity index (χ3v) is 3.64.